The lowest BCUT2D eigenvalue weighted by atomic mass is 10.1. The molecule has 0 N–H and O–H groups in total. The average Bonchev–Trinajstić information content (AvgIpc) is 3.38. The first-order chi connectivity index (χ1) is 15.7. The Morgan fingerprint density at radius 3 is 2.69 bits per heavy atom. The van der Waals surface area contributed by atoms with Crippen LogP contribution in [0.2, 0.25) is 0 Å². The van der Waals surface area contributed by atoms with Crippen LogP contribution >= 0.6 is 0 Å². The Morgan fingerprint density at radius 1 is 1.16 bits per heavy atom. The number of amides is 1. The minimum absolute atomic E-state index is 0.0927. The normalized spacial score (nSPS) is 14.2. The van der Waals surface area contributed by atoms with Gasteiger partial charge in [-0.1, -0.05) is 12.2 Å². The van der Waals surface area contributed by atoms with E-state index in [0.717, 1.165) is 35.5 Å². The van der Waals surface area contributed by atoms with Gasteiger partial charge in [0.25, 0.3) is 11.9 Å². The first-order valence-corrected chi connectivity index (χ1v) is 10.5. The zero-order valence-electron chi connectivity index (χ0n) is 17.6. The molecule has 1 aromatic carbocycles. The van der Waals surface area contributed by atoms with Crippen molar-refractivity contribution in [1.82, 2.24) is 24.6 Å². The van der Waals surface area contributed by atoms with Gasteiger partial charge in [0, 0.05) is 30.8 Å². The second-order valence-electron chi connectivity index (χ2n) is 7.73. The molecule has 2 aromatic heterocycles. The number of carbonyl (C=O) groups is 1. The van der Waals surface area contributed by atoms with Gasteiger partial charge in [0.15, 0.2) is 11.5 Å². The van der Waals surface area contributed by atoms with Crippen LogP contribution in [0.4, 0.5) is 0 Å². The largest absolute Gasteiger partial charge is 0.454 e. The van der Waals surface area contributed by atoms with E-state index >= 15 is 0 Å². The summed E-state index contributed by atoms with van der Waals surface area (Å²) in [5.74, 6) is 2.02. The molecule has 0 bridgehead atoms. The smallest absolute Gasteiger partial charge is 0.257 e. The Bertz CT molecular complexity index is 1190. The van der Waals surface area contributed by atoms with E-state index < -0.39 is 0 Å². The van der Waals surface area contributed by atoms with E-state index in [1.165, 1.54) is 0 Å². The highest BCUT2D eigenvalue weighted by molar-refractivity contribution is 5.95. The second-order valence-corrected chi connectivity index (χ2v) is 7.73. The van der Waals surface area contributed by atoms with Crippen molar-refractivity contribution >= 4 is 5.91 Å². The molecule has 1 amide bonds. The van der Waals surface area contributed by atoms with Gasteiger partial charge < -0.3 is 14.4 Å². The summed E-state index contributed by atoms with van der Waals surface area (Å²) in [7, 11) is 0. The predicted molar refractivity (Wildman–Crippen MR) is 119 cm³/mol. The summed E-state index contributed by atoms with van der Waals surface area (Å²) in [4.78, 5) is 24.1. The standard InChI is InChI=1S/C24H23N5O3/c1-3-11-28(12-4-2)23(30)18-14-26-29(22(18)16-5-6-16)24-25-10-9-19(27-24)17-7-8-20-21(13-17)32-15-31-20/h3-4,7-10,13-14,16H,1-2,5-6,11-12,15H2. The van der Waals surface area contributed by atoms with Crippen molar-refractivity contribution in [3.8, 4) is 28.7 Å². The number of benzene rings is 1. The van der Waals surface area contributed by atoms with Gasteiger partial charge in [0.1, 0.15) is 0 Å². The molecule has 0 spiro atoms. The van der Waals surface area contributed by atoms with E-state index in [9.17, 15) is 4.79 Å². The van der Waals surface area contributed by atoms with Gasteiger partial charge in [0.2, 0.25) is 6.79 Å². The maximum absolute atomic E-state index is 13.2. The van der Waals surface area contributed by atoms with Crippen molar-refractivity contribution in [2.75, 3.05) is 19.9 Å². The van der Waals surface area contributed by atoms with Gasteiger partial charge in [-0.25, -0.2) is 14.6 Å². The molecule has 1 saturated carbocycles. The minimum atomic E-state index is -0.0927. The van der Waals surface area contributed by atoms with E-state index in [-0.39, 0.29) is 18.6 Å². The molecule has 0 unspecified atom stereocenters. The monoisotopic (exact) mass is 429 g/mol. The van der Waals surface area contributed by atoms with E-state index in [4.69, 9.17) is 14.5 Å². The van der Waals surface area contributed by atoms with Gasteiger partial charge in [-0.2, -0.15) is 5.10 Å². The summed E-state index contributed by atoms with van der Waals surface area (Å²) in [6.07, 6.45) is 8.75. The number of hydrogen-bond donors (Lipinski definition) is 0. The predicted octanol–water partition coefficient (Wildman–Crippen LogP) is 3.75. The summed E-state index contributed by atoms with van der Waals surface area (Å²) in [6.45, 7) is 8.61. The van der Waals surface area contributed by atoms with E-state index in [2.05, 4.69) is 23.2 Å². The molecule has 2 aliphatic rings. The second kappa shape index (κ2) is 8.30. The molecular formula is C24H23N5O3. The Hall–Kier alpha value is -3.94. The quantitative estimate of drug-likeness (QED) is 0.507. The number of hydrogen-bond acceptors (Lipinski definition) is 6. The molecule has 162 valence electrons. The SMILES string of the molecule is C=CCN(CC=C)C(=O)c1cnn(-c2nccc(-c3ccc4c(c3)OCO4)n2)c1C1CC1. The lowest BCUT2D eigenvalue weighted by molar-refractivity contribution is 0.0789. The van der Waals surface area contributed by atoms with Gasteiger partial charge in [-0.05, 0) is 37.1 Å². The fourth-order valence-electron chi connectivity index (χ4n) is 3.82. The Morgan fingerprint density at radius 2 is 1.94 bits per heavy atom. The van der Waals surface area contributed by atoms with Gasteiger partial charge in [0.05, 0.1) is 23.1 Å². The molecule has 0 radical (unpaired) electrons. The lowest BCUT2D eigenvalue weighted by Gasteiger charge is -2.19. The molecule has 3 heterocycles. The molecule has 1 aliphatic carbocycles. The molecule has 0 saturated heterocycles. The number of nitrogens with zero attached hydrogens (tertiary/aromatic N) is 5. The van der Waals surface area contributed by atoms with Crippen molar-refractivity contribution in [1.29, 1.82) is 0 Å². The van der Waals surface area contributed by atoms with Crippen LogP contribution < -0.4 is 9.47 Å². The van der Waals surface area contributed by atoms with E-state index in [1.807, 2.05) is 24.3 Å². The van der Waals surface area contributed by atoms with Crippen molar-refractivity contribution in [3.63, 3.8) is 0 Å². The number of carbonyl (C=O) groups excluding carboxylic acids is 1. The maximum atomic E-state index is 13.2. The molecule has 8 heteroatoms. The maximum Gasteiger partial charge on any atom is 0.257 e. The van der Waals surface area contributed by atoms with Crippen LogP contribution in [0.3, 0.4) is 0 Å². The van der Waals surface area contributed by atoms with Crippen LogP contribution in [-0.2, 0) is 0 Å². The topological polar surface area (TPSA) is 82.4 Å². The number of ether oxygens (including phenoxy) is 2. The fourth-order valence-corrected chi connectivity index (χ4v) is 3.82. The van der Waals surface area contributed by atoms with Crippen LogP contribution in [0, 0.1) is 0 Å². The zero-order valence-corrected chi connectivity index (χ0v) is 17.6. The van der Waals surface area contributed by atoms with E-state index in [1.54, 1.807) is 34.1 Å². The van der Waals surface area contributed by atoms with Crippen LogP contribution in [0.1, 0.15) is 34.8 Å². The van der Waals surface area contributed by atoms with Crippen LogP contribution in [0.5, 0.6) is 11.5 Å². The molecule has 0 atom stereocenters. The molecule has 1 aliphatic heterocycles. The van der Waals surface area contributed by atoms with Gasteiger partial charge >= 0.3 is 0 Å². The molecule has 8 nitrogen and oxygen atoms in total. The zero-order chi connectivity index (χ0) is 22.1. The first-order valence-electron chi connectivity index (χ1n) is 10.5. The molecular weight excluding hydrogens is 406 g/mol. The van der Waals surface area contributed by atoms with Gasteiger partial charge in [-0.15, -0.1) is 13.2 Å². The summed E-state index contributed by atoms with van der Waals surface area (Å²) < 4.78 is 12.6. The van der Waals surface area contributed by atoms with Crippen LogP contribution in [0.15, 0.2) is 62.0 Å². The summed E-state index contributed by atoms with van der Waals surface area (Å²) >= 11 is 0. The molecule has 32 heavy (non-hydrogen) atoms. The lowest BCUT2D eigenvalue weighted by Crippen LogP contribution is -2.31. The molecule has 5 rings (SSSR count). The number of fused-ring (bicyclic) bond motifs is 1. The summed E-state index contributed by atoms with van der Waals surface area (Å²) in [5, 5.41) is 4.51. The highest BCUT2D eigenvalue weighted by Crippen LogP contribution is 2.42. The van der Waals surface area contributed by atoms with Crippen LogP contribution in [0.25, 0.3) is 17.2 Å². The summed E-state index contributed by atoms with van der Waals surface area (Å²) in [6, 6.07) is 7.54. The summed E-state index contributed by atoms with van der Waals surface area (Å²) in [5.41, 5.74) is 3.06. The Labute approximate surface area is 185 Å². The molecule has 1 fully saturated rings. The third-order valence-corrected chi connectivity index (χ3v) is 5.49. The van der Waals surface area contributed by atoms with E-state index in [0.29, 0.717) is 30.4 Å². The van der Waals surface area contributed by atoms with Crippen molar-refractivity contribution in [2.24, 2.45) is 0 Å². The number of rotatable bonds is 8. The third-order valence-electron chi connectivity index (χ3n) is 5.49. The molecule has 3 aromatic rings. The average molecular weight is 429 g/mol. The minimum Gasteiger partial charge on any atom is -0.454 e. The number of aromatic nitrogens is 4. The Balaban J connectivity index is 1.52. The van der Waals surface area contributed by atoms with Crippen molar-refractivity contribution < 1.29 is 14.3 Å². The van der Waals surface area contributed by atoms with Crippen molar-refractivity contribution in [2.45, 2.75) is 18.8 Å². The third kappa shape index (κ3) is 3.64. The van der Waals surface area contributed by atoms with Gasteiger partial charge in [-0.3, -0.25) is 4.79 Å². The highest BCUT2D eigenvalue weighted by Gasteiger charge is 2.34. The first kappa shape index (κ1) is 20.0. The Kier molecular flexibility index (Phi) is 5.18. The van der Waals surface area contributed by atoms with Crippen molar-refractivity contribution in [3.05, 3.63) is 73.2 Å². The van der Waals surface area contributed by atoms with Crippen LogP contribution in [-0.4, -0.2) is 50.4 Å². The highest BCUT2D eigenvalue weighted by atomic mass is 16.7. The fraction of sp³-hybridized carbons (Fsp3) is 0.250.